The Hall–Kier alpha value is -1.96. The Kier molecular flexibility index (Phi) is 4.98. The molecular weight excluding hydrogens is 325 g/mol. The second-order valence-electron chi connectivity index (χ2n) is 6.77. The maximum Gasteiger partial charge on any atom is 0.573 e. The van der Waals surface area contributed by atoms with Crippen LogP contribution in [-0.2, 0) is 4.74 Å². The standard InChI is InChI=1S/C16H21F3N2O3/c1-15(2,3)24-14(22)21-8-12(13(20)9-21)10-4-6-11(7-5-10)23-16(17,18)19/h4-7,12-13H,8-9,20H2,1-3H3. The molecule has 5 nitrogen and oxygen atoms in total. The highest BCUT2D eigenvalue weighted by atomic mass is 19.4. The summed E-state index contributed by atoms with van der Waals surface area (Å²) < 4.78 is 45.7. The topological polar surface area (TPSA) is 64.8 Å². The smallest absolute Gasteiger partial charge is 0.444 e. The molecule has 1 saturated heterocycles. The summed E-state index contributed by atoms with van der Waals surface area (Å²) in [5, 5.41) is 0. The second-order valence-corrected chi connectivity index (χ2v) is 6.77. The molecule has 0 aliphatic carbocycles. The van der Waals surface area contributed by atoms with Gasteiger partial charge in [0.05, 0.1) is 0 Å². The van der Waals surface area contributed by atoms with E-state index in [1.165, 1.54) is 29.2 Å². The lowest BCUT2D eigenvalue weighted by atomic mass is 9.95. The molecule has 1 fully saturated rings. The number of rotatable bonds is 2. The average Bonchev–Trinajstić information content (AvgIpc) is 2.78. The lowest BCUT2D eigenvalue weighted by Gasteiger charge is -2.24. The zero-order valence-corrected chi connectivity index (χ0v) is 13.8. The van der Waals surface area contributed by atoms with E-state index in [1.807, 2.05) is 0 Å². The van der Waals surface area contributed by atoms with E-state index in [1.54, 1.807) is 20.8 Å². The van der Waals surface area contributed by atoms with Crippen LogP contribution in [0.5, 0.6) is 5.75 Å². The Labute approximate surface area is 138 Å². The van der Waals surface area contributed by atoms with Gasteiger partial charge in [-0.05, 0) is 38.5 Å². The minimum absolute atomic E-state index is 0.169. The van der Waals surface area contributed by atoms with Crippen LogP contribution in [0.1, 0.15) is 32.3 Å². The van der Waals surface area contributed by atoms with Gasteiger partial charge in [-0.2, -0.15) is 0 Å². The van der Waals surface area contributed by atoms with E-state index in [-0.39, 0.29) is 17.7 Å². The van der Waals surface area contributed by atoms with Crippen molar-refractivity contribution in [2.24, 2.45) is 5.73 Å². The van der Waals surface area contributed by atoms with Crippen molar-refractivity contribution in [3.8, 4) is 5.75 Å². The minimum atomic E-state index is -4.72. The third-order valence-electron chi connectivity index (χ3n) is 3.56. The summed E-state index contributed by atoms with van der Waals surface area (Å²) in [6.45, 7) is 6.02. The number of benzene rings is 1. The molecule has 2 rings (SSSR count). The van der Waals surface area contributed by atoms with Gasteiger partial charge in [-0.25, -0.2) is 4.79 Å². The van der Waals surface area contributed by atoms with Crippen LogP contribution >= 0.6 is 0 Å². The summed E-state index contributed by atoms with van der Waals surface area (Å²) >= 11 is 0. The Balaban J connectivity index is 2.03. The van der Waals surface area contributed by atoms with E-state index in [4.69, 9.17) is 10.5 Å². The maximum absolute atomic E-state index is 12.2. The highest BCUT2D eigenvalue weighted by Crippen LogP contribution is 2.30. The van der Waals surface area contributed by atoms with Crippen molar-refractivity contribution in [1.82, 2.24) is 4.90 Å². The molecule has 2 N–H and O–H groups in total. The van der Waals surface area contributed by atoms with Crippen LogP contribution in [0.2, 0.25) is 0 Å². The van der Waals surface area contributed by atoms with Crippen molar-refractivity contribution in [1.29, 1.82) is 0 Å². The summed E-state index contributed by atoms with van der Waals surface area (Å²) in [4.78, 5) is 13.6. The van der Waals surface area contributed by atoms with Gasteiger partial charge in [0.25, 0.3) is 0 Å². The van der Waals surface area contributed by atoms with Gasteiger partial charge in [-0.3, -0.25) is 0 Å². The van der Waals surface area contributed by atoms with Crippen LogP contribution < -0.4 is 10.5 Å². The van der Waals surface area contributed by atoms with Crippen molar-refractivity contribution >= 4 is 6.09 Å². The molecule has 0 saturated carbocycles. The number of nitrogens with two attached hydrogens (primary N) is 1. The van der Waals surface area contributed by atoms with E-state index in [0.29, 0.717) is 13.1 Å². The maximum atomic E-state index is 12.2. The molecule has 1 aliphatic rings. The van der Waals surface area contributed by atoms with Gasteiger partial charge in [-0.15, -0.1) is 13.2 Å². The van der Waals surface area contributed by atoms with Crippen LogP contribution in [0.25, 0.3) is 0 Å². The monoisotopic (exact) mass is 346 g/mol. The third kappa shape index (κ3) is 5.02. The molecule has 1 aromatic carbocycles. The second kappa shape index (κ2) is 6.51. The molecular formula is C16H21F3N2O3. The van der Waals surface area contributed by atoms with E-state index >= 15 is 0 Å². The summed E-state index contributed by atoms with van der Waals surface area (Å²) in [5.74, 6) is -0.459. The van der Waals surface area contributed by atoms with Gasteiger partial charge in [0.2, 0.25) is 0 Å². The first-order valence-corrected chi connectivity index (χ1v) is 7.54. The zero-order chi connectivity index (χ0) is 18.1. The lowest BCUT2D eigenvalue weighted by Crippen LogP contribution is -2.36. The largest absolute Gasteiger partial charge is 0.573 e. The molecule has 0 aromatic heterocycles. The van der Waals surface area contributed by atoms with Crippen LogP contribution in [0.15, 0.2) is 24.3 Å². The van der Waals surface area contributed by atoms with Gasteiger partial charge in [-0.1, -0.05) is 12.1 Å². The lowest BCUT2D eigenvalue weighted by molar-refractivity contribution is -0.274. The number of hydrogen-bond acceptors (Lipinski definition) is 4. The number of hydrogen-bond donors (Lipinski definition) is 1. The van der Waals surface area contributed by atoms with E-state index in [9.17, 15) is 18.0 Å². The quantitative estimate of drug-likeness (QED) is 0.893. The third-order valence-corrected chi connectivity index (χ3v) is 3.56. The fourth-order valence-electron chi connectivity index (χ4n) is 2.57. The number of nitrogens with zero attached hydrogens (tertiary/aromatic N) is 1. The van der Waals surface area contributed by atoms with Gasteiger partial charge in [0.1, 0.15) is 11.4 Å². The number of likely N-dealkylation sites (tertiary alicyclic amines) is 1. The molecule has 2 atom stereocenters. The number of amides is 1. The molecule has 1 amide bonds. The molecule has 0 spiro atoms. The Morgan fingerprint density at radius 1 is 1.17 bits per heavy atom. The molecule has 8 heteroatoms. The van der Waals surface area contributed by atoms with Crippen molar-refractivity contribution in [3.63, 3.8) is 0 Å². The number of carbonyl (C=O) groups excluding carboxylic acids is 1. The zero-order valence-electron chi connectivity index (χ0n) is 13.8. The Bertz CT molecular complexity index is 582. The highest BCUT2D eigenvalue weighted by molar-refractivity contribution is 5.69. The number of carbonyl (C=O) groups is 1. The van der Waals surface area contributed by atoms with E-state index in [0.717, 1.165) is 5.56 Å². The molecule has 134 valence electrons. The van der Waals surface area contributed by atoms with Crippen LogP contribution in [0.3, 0.4) is 0 Å². The molecule has 2 unspecified atom stereocenters. The number of ether oxygens (including phenoxy) is 2. The Morgan fingerprint density at radius 2 is 1.75 bits per heavy atom. The van der Waals surface area contributed by atoms with Gasteiger partial charge in [0.15, 0.2) is 0 Å². The van der Waals surface area contributed by atoms with E-state index in [2.05, 4.69) is 4.74 Å². The molecule has 24 heavy (non-hydrogen) atoms. The predicted molar refractivity (Wildman–Crippen MR) is 81.6 cm³/mol. The summed E-state index contributed by atoms with van der Waals surface area (Å²) in [6.07, 6.45) is -5.17. The molecule has 1 heterocycles. The first-order valence-electron chi connectivity index (χ1n) is 7.54. The van der Waals surface area contributed by atoms with Crippen LogP contribution in [0.4, 0.5) is 18.0 Å². The van der Waals surface area contributed by atoms with Gasteiger partial charge < -0.3 is 20.1 Å². The van der Waals surface area contributed by atoms with E-state index < -0.39 is 18.1 Å². The molecule has 0 bridgehead atoms. The molecule has 1 aromatic rings. The van der Waals surface area contributed by atoms with Crippen molar-refractivity contribution in [2.75, 3.05) is 13.1 Å². The van der Waals surface area contributed by atoms with Crippen molar-refractivity contribution in [2.45, 2.75) is 44.7 Å². The fraction of sp³-hybridized carbons (Fsp3) is 0.562. The van der Waals surface area contributed by atoms with Crippen molar-refractivity contribution in [3.05, 3.63) is 29.8 Å². The number of alkyl halides is 3. The summed E-state index contributed by atoms with van der Waals surface area (Å²) in [6, 6.07) is 5.23. The summed E-state index contributed by atoms with van der Waals surface area (Å²) in [5.41, 5.74) is 6.23. The van der Waals surface area contributed by atoms with Crippen LogP contribution in [-0.4, -0.2) is 42.1 Å². The predicted octanol–water partition coefficient (Wildman–Crippen LogP) is 3.25. The minimum Gasteiger partial charge on any atom is -0.444 e. The average molecular weight is 346 g/mol. The first kappa shape index (κ1) is 18.4. The molecule has 0 radical (unpaired) electrons. The number of halogens is 3. The SMILES string of the molecule is CC(C)(C)OC(=O)N1CC(N)C(c2ccc(OC(F)(F)F)cc2)C1. The normalized spacial score (nSPS) is 21.7. The molecule has 1 aliphatic heterocycles. The van der Waals surface area contributed by atoms with Gasteiger partial charge in [0, 0.05) is 25.0 Å². The van der Waals surface area contributed by atoms with Crippen LogP contribution in [0, 0.1) is 0 Å². The summed E-state index contributed by atoms with van der Waals surface area (Å²) in [7, 11) is 0. The highest BCUT2D eigenvalue weighted by Gasteiger charge is 2.36. The fourth-order valence-corrected chi connectivity index (χ4v) is 2.57. The van der Waals surface area contributed by atoms with Crippen molar-refractivity contribution < 1.29 is 27.4 Å². The van der Waals surface area contributed by atoms with Gasteiger partial charge >= 0.3 is 12.5 Å². The first-order chi connectivity index (χ1) is 10.9. The Morgan fingerprint density at radius 3 is 2.25 bits per heavy atom.